The van der Waals surface area contributed by atoms with Crippen LogP contribution in [0.25, 0.3) is 0 Å². The van der Waals surface area contributed by atoms with Crippen LogP contribution in [-0.2, 0) is 14.8 Å². The van der Waals surface area contributed by atoms with Crippen molar-refractivity contribution >= 4 is 21.6 Å². The Bertz CT molecular complexity index is 584. The summed E-state index contributed by atoms with van der Waals surface area (Å²) in [6.45, 7) is -0.0809. The fraction of sp³-hybridized carbons (Fsp3) is 0.300. The van der Waals surface area contributed by atoms with Gasteiger partial charge in [-0.15, -0.1) is 0 Å². The highest BCUT2D eigenvalue weighted by molar-refractivity contribution is 7.89. The minimum atomic E-state index is -3.76. The summed E-state index contributed by atoms with van der Waals surface area (Å²) in [5.74, 6) is -0.389. The molecule has 1 aromatic rings. The van der Waals surface area contributed by atoms with Gasteiger partial charge in [-0.2, -0.15) is 0 Å². The Kier molecular flexibility index (Phi) is 5.55. The van der Waals surface area contributed by atoms with Gasteiger partial charge in [0, 0.05) is 25.2 Å². The molecule has 110 valence electrons. The molecule has 0 spiro atoms. The summed E-state index contributed by atoms with van der Waals surface area (Å²) < 4.78 is 25.9. The van der Waals surface area contributed by atoms with E-state index in [1.165, 1.54) is 0 Å². The molecule has 20 heavy (non-hydrogen) atoms. The summed E-state index contributed by atoms with van der Waals surface area (Å²) >= 11 is 0. The van der Waals surface area contributed by atoms with E-state index in [9.17, 15) is 23.3 Å². The van der Waals surface area contributed by atoms with Crippen LogP contribution in [0.15, 0.2) is 29.2 Å². The van der Waals surface area contributed by atoms with Crippen LogP contribution in [0.5, 0.6) is 0 Å². The van der Waals surface area contributed by atoms with Gasteiger partial charge in [0.05, 0.1) is 16.4 Å². The summed E-state index contributed by atoms with van der Waals surface area (Å²) in [6.07, 6.45) is 0. The molecule has 0 bridgehead atoms. The summed E-state index contributed by atoms with van der Waals surface area (Å²) in [6, 6.07) is 4.48. The monoisotopic (exact) mass is 302 g/mol. The van der Waals surface area contributed by atoms with Crippen molar-refractivity contribution in [3.63, 3.8) is 0 Å². The smallest absolute Gasteiger partial charge is 0.269 e. The van der Waals surface area contributed by atoms with Crippen LogP contribution in [0.2, 0.25) is 0 Å². The molecule has 4 N–H and O–H groups in total. The van der Waals surface area contributed by atoms with E-state index in [0.717, 1.165) is 24.3 Å². The molecule has 0 saturated heterocycles. The van der Waals surface area contributed by atoms with Crippen LogP contribution in [0.3, 0.4) is 0 Å². The number of sulfonamides is 1. The van der Waals surface area contributed by atoms with Crippen molar-refractivity contribution in [3.8, 4) is 0 Å². The lowest BCUT2D eigenvalue weighted by Crippen LogP contribution is -2.37. The standard InChI is InChI=1S/C10H14N4O5S/c11-7-10(15)12-5-6-13-20(18,19)9-3-1-8(2-4-9)14(16)17/h1-4,13H,5-7,11H2,(H,12,15). The minimum absolute atomic E-state index is 0.00887. The highest BCUT2D eigenvalue weighted by Crippen LogP contribution is 2.15. The molecule has 0 aliphatic rings. The summed E-state index contributed by atoms with van der Waals surface area (Å²) in [7, 11) is -3.76. The number of carbonyl (C=O) groups excluding carboxylic acids is 1. The van der Waals surface area contributed by atoms with E-state index in [2.05, 4.69) is 10.0 Å². The summed E-state index contributed by atoms with van der Waals surface area (Å²) in [5.41, 5.74) is 4.87. The lowest BCUT2D eigenvalue weighted by molar-refractivity contribution is -0.384. The first kappa shape index (κ1) is 16.0. The fourth-order valence-electron chi connectivity index (χ4n) is 1.29. The molecular formula is C10H14N4O5S. The van der Waals surface area contributed by atoms with E-state index >= 15 is 0 Å². The van der Waals surface area contributed by atoms with Gasteiger partial charge in [0.1, 0.15) is 0 Å². The van der Waals surface area contributed by atoms with E-state index < -0.39 is 14.9 Å². The molecule has 0 saturated carbocycles. The van der Waals surface area contributed by atoms with Crippen LogP contribution >= 0.6 is 0 Å². The average molecular weight is 302 g/mol. The molecule has 1 amide bonds. The number of hydrogen-bond acceptors (Lipinski definition) is 6. The van der Waals surface area contributed by atoms with Gasteiger partial charge in [-0.25, -0.2) is 13.1 Å². The van der Waals surface area contributed by atoms with Gasteiger partial charge in [0.15, 0.2) is 0 Å². The van der Waals surface area contributed by atoms with Crippen molar-refractivity contribution in [2.45, 2.75) is 4.90 Å². The Morgan fingerprint density at radius 2 is 1.85 bits per heavy atom. The van der Waals surface area contributed by atoms with Crippen LogP contribution in [0, 0.1) is 10.1 Å². The predicted molar refractivity (Wildman–Crippen MR) is 70.3 cm³/mol. The maximum Gasteiger partial charge on any atom is 0.269 e. The molecule has 1 rings (SSSR count). The predicted octanol–water partition coefficient (Wildman–Crippen LogP) is -1.05. The summed E-state index contributed by atoms with van der Waals surface area (Å²) in [5, 5.41) is 12.9. The van der Waals surface area contributed by atoms with Crippen LogP contribution in [0.4, 0.5) is 5.69 Å². The van der Waals surface area contributed by atoms with Gasteiger partial charge < -0.3 is 11.1 Å². The normalized spacial score (nSPS) is 11.1. The van der Waals surface area contributed by atoms with E-state index in [0.29, 0.717) is 0 Å². The number of non-ortho nitro benzene ring substituents is 1. The van der Waals surface area contributed by atoms with Gasteiger partial charge >= 0.3 is 0 Å². The van der Waals surface area contributed by atoms with Crippen molar-refractivity contribution < 1.29 is 18.1 Å². The Hall–Kier alpha value is -2.04. The highest BCUT2D eigenvalue weighted by Gasteiger charge is 2.15. The first-order chi connectivity index (χ1) is 9.36. The Labute approximate surface area is 115 Å². The highest BCUT2D eigenvalue weighted by atomic mass is 32.2. The maximum absolute atomic E-state index is 11.8. The van der Waals surface area contributed by atoms with Crippen molar-refractivity contribution in [1.82, 2.24) is 10.0 Å². The lowest BCUT2D eigenvalue weighted by Gasteiger charge is -2.07. The Morgan fingerprint density at radius 1 is 1.25 bits per heavy atom. The van der Waals surface area contributed by atoms with E-state index in [1.807, 2.05) is 0 Å². The number of amides is 1. The number of nitrogens with zero attached hydrogens (tertiary/aromatic N) is 1. The zero-order valence-corrected chi connectivity index (χ0v) is 11.2. The molecule has 10 heteroatoms. The molecule has 0 atom stereocenters. The zero-order valence-electron chi connectivity index (χ0n) is 10.4. The third kappa shape index (κ3) is 4.57. The number of nitro groups is 1. The zero-order chi connectivity index (χ0) is 15.2. The second kappa shape index (κ2) is 6.93. The first-order valence-corrected chi connectivity index (χ1v) is 7.06. The quantitative estimate of drug-likeness (QED) is 0.333. The third-order valence-electron chi connectivity index (χ3n) is 2.28. The van der Waals surface area contributed by atoms with Crippen molar-refractivity contribution in [2.75, 3.05) is 19.6 Å². The molecular weight excluding hydrogens is 288 g/mol. The van der Waals surface area contributed by atoms with Gasteiger partial charge in [0.25, 0.3) is 5.69 Å². The molecule has 0 aromatic heterocycles. The number of hydrogen-bond donors (Lipinski definition) is 3. The SMILES string of the molecule is NCC(=O)NCCNS(=O)(=O)c1ccc([N+](=O)[O-])cc1. The van der Waals surface area contributed by atoms with E-state index in [1.54, 1.807) is 0 Å². The number of nitrogens with two attached hydrogens (primary N) is 1. The second-order valence-electron chi connectivity index (χ2n) is 3.70. The van der Waals surface area contributed by atoms with Crippen molar-refractivity contribution in [1.29, 1.82) is 0 Å². The molecule has 0 radical (unpaired) electrons. The number of carbonyl (C=O) groups is 1. The first-order valence-electron chi connectivity index (χ1n) is 5.57. The molecule has 0 fully saturated rings. The van der Waals surface area contributed by atoms with Gasteiger partial charge in [-0.3, -0.25) is 14.9 Å². The molecule has 1 aromatic carbocycles. The topological polar surface area (TPSA) is 144 Å². The molecule has 0 aliphatic heterocycles. The molecule has 0 aliphatic carbocycles. The number of rotatable bonds is 7. The van der Waals surface area contributed by atoms with Crippen LogP contribution in [-0.4, -0.2) is 38.9 Å². The molecule has 0 heterocycles. The van der Waals surface area contributed by atoms with Crippen LogP contribution in [0.1, 0.15) is 0 Å². The fourth-order valence-corrected chi connectivity index (χ4v) is 2.32. The number of benzene rings is 1. The van der Waals surface area contributed by atoms with Gasteiger partial charge in [0.2, 0.25) is 15.9 Å². The van der Waals surface area contributed by atoms with Crippen molar-refractivity contribution in [2.24, 2.45) is 5.73 Å². The average Bonchev–Trinajstić information content (AvgIpc) is 2.43. The van der Waals surface area contributed by atoms with Gasteiger partial charge in [-0.1, -0.05) is 0 Å². The van der Waals surface area contributed by atoms with Crippen LogP contribution < -0.4 is 15.8 Å². The minimum Gasteiger partial charge on any atom is -0.354 e. The summed E-state index contributed by atoms with van der Waals surface area (Å²) in [4.78, 5) is 20.6. The number of nitrogens with one attached hydrogen (secondary N) is 2. The van der Waals surface area contributed by atoms with E-state index in [4.69, 9.17) is 5.73 Å². The third-order valence-corrected chi connectivity index (χ3v) is 3.76. The Balaban J connectivity index is 2.60. The lowest BCUT2D eigenvalue weighted by atomic mass is 10.3. The Morgan fingerprint density at radius 3 is 2.35 bits per heavy atom. The second-order valence-corrected chi connectivity index (χ2v) is 5.47. The molecule has 9 nitrogen and oxygen atoms in total. The van der Waals surface area contributed by atoms with Crippen molar-refractivity contribution in [3.05, 3.63) is 34.4 Å². The number of nitro benzene ring substituents is 1. The van der Waals surface area contributed by atoms with Gasteiger partial charge in [-0.05, 0) is 12.1 Å². The maximum atomic E-state index is 11.8. The largest absolute Gasteiger partial charge is 0.354 e. The molecule has 0 unspecified atom stereocenters. The van der Waals surface area contributed by atoms with E-state index in [-0.39, 0.29) is 36.1 Å².